The molecule has 5 heteroatoms. The van der Waals surface area contributed by atoms with E-state index in [1.807, 2.05) is 54.6 Å². The van der Waals surface area contributed by atoms with Gasteiger partial charge in [-0.25, -0.2) is 0 Å². The molecule has 4 aliphatic carbocycles. The van der Waals surface area contributed by atoms with Gasteiger partial charge < -0.3 is 14.8 Å². The van der Waals surface area contributed by atoms with Gasteiger partial charge in [-0.15, -0.1) is 11.6 Å². The maximum Gasteiger partial charge on any atom is 0.262 e. The van der Waals surface area contributed by atoms with Crippen LogP contribution in [0, 0.1) is 11.8 Å². The van der Waals surface area contributed by atoms with Gasteiger partial charge in [0.15, 0.2) is 6.61 Å². The average Bonchev–Trinajstić information content (AvgIpc) is 2.83. The molecule has 1 amide bonds. The van der Waals surface area contributed by atoms with Crippen LogP contribution in [0.4, 0.5) is 5.69 Å². The molecule has 4 fully saturated rings. The molecular formula is C30H30ClNO3. The number of hydrogen-bond acceptors (Lipinski definition) is 3. The van der Waals surface area contributed by atoms with Crippen molar-refractivity contribution in [2.24, 2.45) is 11.8 Å². The Labute approximate surface area is 211 Å². The zero-order valence-corrected chi connectivity index (χ0v) is 20.5. The van der Waals surface area contributed by atoms with Crippen molar-refractivity contribution >= 4 is 23.2 Å². The molecule has 3 aromatic rings. The molecule has 3 aromatic carbocycles. The lowest BCUT2D eigenvalue weighted by Crippen LogP contribution is -2.55. The predicted molar refractivity (Wildman–Crippen MR) is 138 cm³/mol. The second-order valence-corrected chi connectivity index (χ2v) is 11.5. The maximum absolute atomic E-state index is 12.5. The average molecular weight is 488 g/mol. The van der Waals surface area contributed by atoms with Crippen molar-refractivity contribution in [1.29, 1.82) is 0 Å². The zero-order valence-electron chi connectivity index (χ0n) is 19.7. The highest BCUT2D eigenvalue weighted by Gasteiger charge is 2.57. The smallest absolute Gasteiger partial charge is 0.262 e. The fraction of sp³-hybridized carbons (Fsp3) is 0.367. The minimum Gasteiger partial charge on any atom is -0.484 e. The van der Waals surface area contributed by atoms with Crippen molar-refractivity contribution in [3.63, 3.8) is 0 Å². The number of nitrogens with one attached hydrogen (secondary N) is 1. The van der Waals surface area contributed by atoms with E-state index in [1.54, 1.807) is 12.1 Å². The van der Waals surface area contributed by atoms with Crippen LogP contribution in [-0.4, -0.2) is 17.4 Å². The Morgan fingerprint density at radius 2 is 1.46 bits per heavy atom. The monoisotopic (exact) mass is 487 g/mol. The van der Waals surface area contributed by atoms with Gasteiger partial charge in [0.2, 0.25) is 0 Å². The lowest BCUT2D eigenvalue weighted by molar-refractivity contribution is -0.118. The number of ether oxygens (including phenoxy) is 2. The van der Waals surface area contributed by atoms with Gasteiger partial charge in [-0.05, 0) is 110 Å². The summed E-state index contributed by atoms with van der Waals surface area (Å²) in [6, 6.07) is 25.3. The van der Waals surface area contributed by atoms with E-state index in [2.05, 4.69) is 17.4 Å². The lowest BCUT2D eigenvalue weighted by atomic mass is 9.47. The van der Waals surface area contributed by atoms with Crippen molar-refractivity contribution in [2.45, 2.75) is 48.8 Å². The molecule has 180 valence electrons. The summed E-state index contributed by atoms with van der Waals surface area (Å²) >= 11 is 7.02. The SMILES string of the molecule is O=C(COc1ccc(Oc2ccccc2)cc1)Nc1ccc(C23C[C@@H]4C[C@@H](CC(Cl)(C4)C2)C3)cc1. The third kappa shape index (κ3) is 4.77. The summed E-state index contributed by atoms with van der Waals surface area (Å²) in [5.41, 5.74) is 2.39. The molecule has 4 atom stereocenters. The van der Waals surface area contributed by atoms with E-state index in [9.17, 15) is 4.79 Å². The van der Waals surface area contributed by atoms with Crippen molar-refractivity contribution < 1.29 is 14.3 Å². The van der Waals surface area contributed by atoms with Crippen LogP contribution in [0.15, 0.2) is 78.9 Å². The highest BCUT2D eigenvalue weighted by atomic mass is 35.5. The molecule has 4 bridgehead atoms. The van der Waals surface area contributed by atoms with E-state index in [4.69, 9.17) is 21.1 Å². The molecule has 4 aliphatic rings. The van der Waals surface area contributed by atoms with Gasteiger partial charge in [0.25, 0.3) is 5.91 Å². The molecular weight excluding hydrogens is 458 g/mol. The van der Waals surface area contributed by atoms with Crippen molar-refractivity contribution in [1.82, 2.24) is 0 Å². The number of amides is 1. The minimum absolute atomic E-state index is 0.000182. The summed E-state index contributed by atoms with van der Waals surface area (Å²) in [4.78, 5) is 12.5. The summed E-state index contributed by atoms with van der Waals surface area (Å²) in [5, 5.41) is 2.95. The third-order valence-corrected chi connectivity index (χ3v) is 8.39. The second-order valence-electron chi connectivity index (χ2n) is 10.7. The first-order valence-electron chi connectivity index (χ1n) is 12.5. The van der Waals surface area contributed by atoms with E-state index in [0.717, 1.165) is 29.7 Å². The molecule has 0 radical (unpaired) electrons. The van der Waals surface area contributed by atoms with Gasteiger partial charge in [0, 0.05) is 10.6 Å². The minimum atomic E-state index is -0.183. The lowest BCUT2D eigenvalue weighted by Gasteiger charge is -2.60. The third-order valence-electron chi connectivity index (χ3n) is 7.94. The van der Waals surface area contributed by atoms with Gasteiger partial charge in [0.1, 0.15) is 17.2 Å². The number of alkyl halides is 1. The Kier molecular flexibility index (Phi) is 5.72. The zero-order chi connectivity index (χ0) is 23.9. The maximum atomic E-state index is 12.5. The molecule has 2 unspecified atom stereocenters. The van der Waals surface area contributed by atoms with Crippen LogP contribution in [0.5, 0.6) is 17.2 Å². The van der Waals surface area contributed by atoms with Crippen LogP contribution >= 0.6 is 11.6 Å². The number of rotatable bonds is 7. The molecule has 0 heterocycles. The van der Waals surface area contributed by atoms with Crippen molar-refractivity contribution in [2.75, 3.05) is 11.9 Å². The fourth-order valence-electron chi connectivity index (χ4n) is 6.97. The Balaban J connectivity index is 1.03. The van der Waals surface area contributed by atoms with Gasteiger partial charge in [-0.1, -0.05) is 30.3 Å². The van der Waals surface area contributed by atoms with Crippen LogP contribution < -0.4 is 14.8 Å². The first-order chi connectivity index (χ1) is 17.0. The number of halogens is 1. The number of hydrogen-bond donors (Lipinski definition) is 1. The Morgan fingerprint density at radius 3 is 2.11 bits per heavy atom. The number of carbonyl (C=O) groups is 1. The van der Waals surface area contributed by atoms with Crippen LogP contribution in [-0.2, 0) is 10.2 Å². The number of anilines is 1. The highest BCUT2D eigenvalue weighted by molar-refractivity contribution is 6.24. The van der Waals surface area contributed by atoms with E-state index in [0.29, 0.717) is 11.5 Å². The summed E-state index contributed by atoms with van der Waals surface area (Å²) in [5.74, 6) is 3.46. The van der Waals surface area contributed by atoms with Crippen LogP contribution in [0.25, 0.3) is 0 Å². The van der Waals surface area contributed by atoms with Gasteiger partial charge >= 0.3 is 0 Å². The molecule has 4 nitrogen and oxygen atoms in total. The quantitative estimate of drug-likeness (QED) is 0.355. The standard InChI is InChI=1S/C30H30ClNO3/c31-30-17-21-14-22(18-30)16-29(15-21,20-30)23-6-8-24(9-7-23)32-28(33)19-34-25-10-12-27(13-11-25)35-26-4-2-1-3-5-26/h1-13,21-22H,14-20H2,(H,32,33)/t21-,22+,29?,30?. The molecule has 35 heavy (non-hydrogen) atoms. The first-order valence-corrected chi connectivity index (χ1v) is 12.9. The normalized spacial score (nSPS) is 28.5. The largest absolute Gasteiger partial charge is 0.484 e. The van der Waals surface area contributed by atoms with Crippen LogP contribution in [0.3, 0.4) is 0 Å². The highest BCUT2D eigenvalue weighted by Crippen LogP contribution is 2.64. The number of benzene rings is 3. The summed E-state index contributed by atoms with van der Waals surface area (Å²) in [6.07, 6.45) is 7.32. The molecule has 0 aromatic heterocycles. The molecule has 0 spiro atoms. The number of para-hydroxylation sites is 1. The van der Waals surface area contributed by atoms with Crippen LogP contribution in [0.2, 0.25) is 0 Å². The Morgan fingerprint density at radius 1 is 0.829 bits per heavy atom. The Hall–Kier alpha value is -2.98. The van der Waals surface area contributed by atoms with E-state index < -0.39 is 0 Å². The van der Waals surface area contributed by atoms with Crippen LogP contribution in [0.1, 0.15) is 44.1 Å². The number of carbonyl (C=O) groups excluding carboxylic acids is 1. The molecule has 1 N–H and O–H groups in total. The van der Waals surface area contributed by atoms with E-state index >= 15 is 0 Å². The second kappa shape index (κ2) is 8.91. The molecule has 0 aliphatic heterocycles. The summed E-state index contributed by atoms with van der Waals surface area (Å²) < 4.78 is 11.5. The molecule has 7 rings (SSSR count). The first kappa shape index (κ1) is 22.5. The Bertz CT molecular complexity index is 1180. The van der Waals surface area contributed by atoms with Gasteiger partial charge in [-0.2, -0.15) is 0 Å². The van der Waals surface area contributed by atoms with Crippen molar-refractivity contribution in [3.8, 4) is 17.2 Å². The molecule has 4 saturated carbocycles. The predicted octanol–water partition coefficient (Wildman–Crippen LogP) is 7.33. The summed E-state index contributed by atoms with van der Waals surface area (Å²) in [7, 11) is 0. The topological polar surface area (TPSA) is 47.6 Å². The van der Waals surface area contributed by atoms with Gasteiger partial charge in [0.05, 0.1) is 0 Å². The van der Waals surface area contributed by atoms with Crippen molar-refractivity contribution in [3.05, 3.63) is 84.4 Å². The van der Waals surface area contributed by atoms with E-state index in [-0.39, 0.29) is 22.8 Å². The van der Waals surface area contributed by atoms with E-state index in [1.165, 1.54) is 37.7 Å². The summed E-state index contributed by atoms with van der Waals surface area (Å²) in [6.45, 7) is -0.0529. The molecule has 0 saturated heterocycles. The fourth-order valence-corrected chi connectivity index (χ4v) is 7.66. The van der Waals surface area contributed by atoms with Gasteiger partial charge in [-0.3, -0.25) is 4.79 Å².